The number of fused-ring (bicyclic) bond motifs is 1. The lowest BCUT2D eigenvalue weighted by molar-refractivity contribution is 0.0496. The Hall–Kier alpha value is -2.27. The third-order valence-electron chi connectivity index (χ3n) is 3.62. The van der Waals surface area contributed by atoms with Crippen LogP contribution in [0.4, 0.5) is 10.5 Å². The van der Waals surface area contributed by atoms with Gasteiger partial charge in [-0.05, 0) is 42.8 Å². The molecule has 1 saturated heterocycles. The van der Waals surface area contributed by atoms with Crippen molar-refractivity contribution in [3.8, 4) is 6.07 Å². The molecule has 2 aromatic rings. The Balaban J connectivity index is 1.72. The van der Waals surface area contributed by atoms with Crippen LogP contribution in [0.25, 0.3) is 5.52 Å². The summed E-state index contributed by atoms with van der Waals surface area (Å²) < 4.78 is 7.83. The second-order valence-electron chi connectivity index (χ2n) is 6.75. The molecule has 0 spiro atoms. The predicted octanol–water partition coefficient (Wildman–Crippen LogP) is 2.68. The largest absolute Gasteiger partial charge is 0.444 e. The van der Waals surface area contributed by atoms with Gasteiger partial charge in [-0.2, -0.15) is 10.4 Å². The molecule has 2 aromatic heterocycles. The molecule has 3 heterocycles. The molecule has 24 heavy (non-hydrogen) atoms. The van der Waals surface area contributed by atoms with Crippen LogP contribution < -0.4 is 10.2 Å². The second-order valence-corrected chi connectivity index (χ2v) is 7.67. The summed E-state index contributed by atoms with van der Waals surface area (Å²) in [6.07, 6.45) is 2.96. The molecule has 0 aromatic carbocycles. The zero-order chi connectivity index (χ0) is 17.5. The average molecular weight is 392 g/mol. The molecular formula is C16H18BrN5O2. The Morgan fingerprint density at radius 1 is 1.50 bits per heavy atom. The molecule has 3 rings (SSSR count). The van der Waals surface area contributed by atoms with E-state index in [1.54, 1.807) is 10.7 Å². The van der Waals surface area contributed by atoms with E-state index in [0.717, 1.165) is 15.7 Å². The van der Waals surface area contributed by atoms with Gasteiger partial charge in [0.1, 0.15) is 17.2 Å². The number of rotatable bonds is 2. The van der Waals surface area contributed by atoms with Crippen LogP contribution in [0.15, 0.2) is 22.9 Å². The second kappa shape index (κ2) is 5.98. The summed E-state index contributed by atoms with van der Waals surface area (Å²) in [5, 5.41) is 16.3. The van der Waals surface area contributed by atoms with E-state index in [-0.39, 0.29) is 6.04 Å². The summed E-state index contributed by atoms with van der Waals surface area (Å²) in [6.45, 7) is 6.81. The number of amides is 1. The first kappa shape index (κ1) is 16.6. The highest BCUT2D eigenvalue weighted by atomic mass is 79.9. The number of hydrogen-bond donors (Lipinski definition) is 1. The quantitative estimate of drug-likeness (QED) is 0.850. The van der Waals surface area contributed by atoms with Crippen LogP contribution in [0.3, 0.4) is 0 Å². The zero-order valence-electron chi connectivity index (χ0n) is 13.7. The smallest absolute Gasteiger partial charge is 0.407 e. The van der Waals surface area contributed by atoms with E-state index in [0.29, 0.717) is 18.7 Å². The van der Waals surface area contributed by atoms with Crippen LogP contribution in [0, 0.1) is 11.3 Å². The monoisotopic (exact) mass is 391 g/mol. The number of halogens is 1. The van der Waals surface area contributed by atoms with E-state index in [9.17, 15) is 10.1 Å². The van der Waals surface area contributed by atoms with Gasteiger partial charge < -0.3 is 15.0 Å². The third-order valence-corrected chi connectivity index (χ3v) is 4.06. The Morgan fingerprint density at radius 3 is 2.83 bits per heavy atom. The fourth-order valence-electron chi connectivity index (χ4n) is 2.63. The van der Waals surface area contributed by atoms with E-state index in [2.05, 4.69) is 37.3 Å². The minimum absolute atomic E-state index is 0.0207. The molecule has 126 valence electrons. The number of anilines is 1. The van der Waals surface area contributed by atoms with Crippen molar-refractivity contribution in [2.24, 2.45) is 0 Å². The van der Waals surface area contributed by atoms with Gasteiger partial charge in [0, 0.05) is 23.8 Å². The van der Waals surface area contributed by atoms with Gasteiger partial charge >= 0.3 is 6.09 Å². The van der Waals surface area contributed by atoms with Crippen LogP contribution in [0.5, 0.6) is 0 Å². The molecule has 0 aliphatic carbocycles. The van der Waals surface area contributed by atoms with E-state index in [4.69, 9.17) is 4.74 Å². The number of alkyl carbamates (subject to hydrolysis) is 1. The summed E-state index contributed by atoms with van der Waals surface area (Å²) in [4.78, 5) is 13.9. The molecule has 0 bridgehead atoms. The maximum Gasteiger partial charge on any atom is 0.407 e. The maximum absolute atomic E-state index is 11.8. The number of carbonyl (C=O) groups is 1. The standard InChI is InChI=1S/C16H18BrN5O2/c1-16(2,3)24-15(23)20-12-8-21(9-12)13-4-11(17)7-22-14(13)10(5-18)6-19-22/h4,6-7,12H,8-9H2,1-3H3,(H,20,23). The van der Waals surface area contributed by atoms with E-state index in [1.165, 1.54) is 0 Å². The van der Waals surface area contributed by atoms with Crippen molar-refractivity contribution in [2.75, 3.05) is 18.0 Å². The van der Waals surface area contributed by atoms with E-state index >= 15 is 0 Å². The minimum atomic E-state index is -0.511. The Labute approximate surface area is 148 Å². The first-order chi connectivity index (χ1) is 11.3. The highest BCUT2D eigenvalue weighted by Crippen LogP contribution is 2.31. The molecule has 1 amide bonds. The topological polar surface area (TPSA) is 82.7 Å². The van der Waals surface area contributed by atoms with Gasteiger partial charge in [0.25, 0.3) is 0 Å². The predicted molar refractivity (Wildman–Crippen MR) is 93.0 cm³/mol. The number of aromatic nitrogens is 2. The number of pyridine rings is 1. The number of nitriles is 1. The molecule has 1 aliphatic heterocycles. The van der Waals surface area contributed by atoms with Gasteiger partial charge in [-0.3, -0.25) is 0 Å². The van der Waals surface area contributed by atoms with Gasteiger partial charge in [0.15, 0.2) is 0 Å². The Kier molecular flexibility index (Phi) is 4.13. The summed E-state index contributed by atoms with van der Waals surface area (Å²) >= 11 is 3.46. The molecule has 1 fully saturated rings. The van der Waals surface area contributed by atoms with Crippen molar-refractivity contribution in [1.82, 2.24) is 14.9 Å². The van der Waals surface area contributed by atoms with Gasteiger partial charge in [-0.1, -0.05) is 0 Å². The highest BCUT2D eigenvalue weighted by Gasteiger charge is 2.31. The van der Waals surface area contributed by atoms with Crippen LogP contribution in [0.2, 0.25) is 0 Å². The lowest BCUT2D eigenvalue weighted by atomic mass is 10.1. The van der Waals surface area contributed by atoms with Crippen molar-refractivity contribution in [1.29, 1.82) is 5.26 Å². The average Bonchev–Trinajstić information content (AvgIpc) is 2.82. The van der Waals surface area contributed by atoms with Crippen molar-refractivity contribution < 1.29 is 9.53 Å². The first-order valence-electron chi connectivity index (χ1n) is 7.58. The van der Waals surface area contributed by atoms with Crippen LogP contribution >= 0.6 is 15.9 Å². The summed E-state index contributed by atoms with van der Waals surface area (Å²) in [6, 6.07) is 4.15. The fraction of sp³-hybridized carbons (Fsp3) is 0.438. The van der Waals surface area contributed by atoms with Gasteiger partial charge in [0.2, 0.25) is 0 Å². The van der Waals surface area contributed by atoms with Crippen molar-refractivity contribution in [3.05, 3.63) is 28.5 Å². The fourth-order valence-corrected chi connectivity index (χ4v) is 3.04. The van der Waals surface area contributed by atoms with E-state index in [1.807, 2.05) is 33.0 Å². The molecule has 1 N–H and O–H groups in total. The molecule has 0 atom stereocenters. The van der Waals surface area contributed by atoms with Gasteiger partial charge in [-0.15, -0.1) is 0 Å². The SMILES string of the molecule is CC(C)(C)OC(=O)NC1CN(c2cc(Br)cn3ncc(C#N)c23)C1. The first-order valence-corrected chi connectivity index (χ1v) is 8.37. The highest BCUT2D eigenvalue weighted by molar-refractivity contribution is 9.10. The minimum Gasteiger partial charge on any atom is -0.444 e. The summed E-state index contributed by atoms with van der Waals surface area (Å²) in [5.74, 6) is 0. The van der Waals surface area contributed by atoms with Crippen LogP contribution in [0.1, 0.15) is 26.3 Å². The summed E-state index contributed by atoms with van der Waals surface area (Å²) in [7, 11) is 0. The number of nitrogens with one attached hydrogen (secondary N) is 1. The van der Waals surface area contributed by atoms with E-state index < -0.39 is 11.7 Å². The molecule has 0 unspecified atom stereocenters. The third kappa shape index (κ3) is 3.31. The Bertz CT molecular complexity index is 827. The van der Waals surface area contributed by atoms with Crippen molar-refractivity contribution >= 4 is 33.2 Å². The number of ether oxygens (including phenoxy) is 1. The molecule has 1 aliphatic rings. The van der Waals surface area contributed by atoms with Crippen LogP contribution in [-0.2, 0) is 4.74 Å². The Morgan fingerprint density at radius 2 is 2.21 bits per heavy atom. The van der Waals surface area contributed by atoms with Crippen molar-refractivity contribution in [2.45, 2.75) is 32.4 Å². The molecule has 0 saturated carbocycles. The molecule has 8 heteroatoms. The number of hydrogen-bond acceptors (Lipinski definition) is 5. The summed E-state index contributed by atoms with van der Waals surface area (Å²) in [5.41, 5.74) is 1.71. The zero-order valence-corrected chi connectivity index (χ0v) is 15.3. The number of nitrogens with zero attached hydrogens (tertiary/aromatic N) is 4. The van der Waals surface area contributed by atoms with Crippen molar-refractivity contribution in [3.63, 3.8) is 0 Å². The molecular weight excluding hydrogens is 374 g/mol. The van der Waals surface area contributed by atoms with Gasteiger partial charge in [-0.25, -0.2) is 9.31 Å². The molecule has 7 nitrogen and oxygen atoms in total. The maximum atomic E-state index is 11.8. The lowest BCUT2D eigenvalue weighted by Gasteiger charge is -2.41. The lowest BCUT2D eigenvalue weighted by Crippen LogP contribution is -2.60. The molecule has 0 radical (unpaired) electrons. The normalized spacial score (nSPS) is 15.0. The number of carbonyl (C=O) groups excluding carboxylic acids is 1. The van der Waals surface area contributed by atoms with Crippen LogP contribution in [-0.4, -0.2) is 40.4 Å². The van der Waals surface area contributed by atoms with Gasteiger partial charge in [0.05, 0.1) is 23.5 Å².